The molecule has 7 heteroatoms. The van der Waals surface area contributed by atoms with E-state index in [1.807, 2.05) is 12.1 Å². The Balaban J connectivity index is 1.77. The first-order valence-corrected chi connectivity index (χ1v) is 9.05. The van der Waals surface area contributed by atoms with E-state index in [0.29, 0.717) is 16.9 Å². The topological polar surface area (TPSA) is 66.5 Å². The molecule has 0 saturated heterocycles. The summed E-state index contributed by atoms with van der Waals surface area (Å²) < 4.78 is 13.7. The fraction of sp³-hybridized carbons (Fsp3) is 0.211. The first-order valence-electron chi connectivity index (χ1n) is 8.23. The SMILES string of the molecule is CC(C)(C)Sc1ccc2nccc(Nc3[nH]nc4ncc(F)cc34)c2c1. The normalized spacial score (nSPS) is 12.0. The number of hydrogen-bond acceptors (Lipinski definition) is 5. The third-order valence-electron chi connectivity index (χ3n) is 3.77. The number of nitrogens with one attached hydrogen (secondary N) is 2. The smallest absolute Gasteiger partial charge is 0.183 e. The van der Waals surface area contributed by atoms with E-state index >= 15 is 0 Å². The molecule has 4 aromatic rings. The van der Waals surface area contributed by atoms with Crippen LogP contribution in [0, 0.1) is 5.82 Å². The molecule has 1 aromatic carbocycles. The number of thioether (sulfide) groups is 1. The summed E-state index contributed by atoms with van der Waals surface area (Å²) in [6, 6.07) is 9.53. The Hall–Kier alpha value is -2.67. The van der Waals surface area contributed by atoms with Gasteiger partial charge in [-0.1, -0.05) is 20.8 Å². The Morgan fingerprint density at radius 3 is 2.73 bits per heavy atom. The fourth-order valence-electron chi connectivity index (χ4n) is 2.76. The second kappa shape index (κ2) is 6.25. The van der Waals surface area contributed by atoms with Crippen LogP contribution in [0.5, 0.6) is 0 Å². The molecule has 3 aromatic heterocycles. The van der Waals surface area contributed by atoms with Crippen LogP contribution in [0.25, 0.3) is 21.9 Å². The summed E-state index contributed by atoms with van der Waals surface area (Å²) in [5.41, 5.74) is 2.23. The third kappa shape index (κ3) is 3.35. The maximum Gasteiger partial charge on any atom is 0.183 e. The highest BCUT2D eigenvalue weighted by Gasteiger charge is 2.14. The lowest BCUT2D eigenvalue weighted by molar-refractivity contribution is 0.624. The molecule has 132 valence electrons. The molecule has 5 nitrogen and oxygen atoms in total. The molecular weight excluding hydrogens is 349 g/mol. The van der Waals surface area contributed by atoms with Gasteiger partial charge in [-0.3, -0.25) is 10.1 Å². The van der Waals surface area contributed by atoms with E-state index in [1.165, 1.54) is 11.0 Å². The highest BCUT2D eigenvalue weighted by molar-refractivity contribution is 8.00. The second-order valence-electron chi connectivity index (χ2n) is 7.00. The summed E-state index contributed by atoms with van der Waals surface area (Å²) in [6.07, 6.45) is 2.91. The zero-order valence-corrected chi connectivity index (χ0v) is 15.5. The minimum absolute atomic E-state index is 0.117. The number of anilines is 2. The van der Waals surface area contributed by atoms with Gasteiger partial charge in [-0.25, -0.2) is 9.37 Å². The fourth-order valence-corrected chi connectivity index (χ4v) is 3.78. The molecule has 0 atom stereocenters. The molecule has 0 saturated carbocycles. The van der Waals surface area contributed by atoms with Crippen molar-refractivity contribution in [1.82, 2.24) is 20.2 Å². The summed E-state index contributed by atoms with van der Waals surface area (Å²) in [5, 5.41) is 11.9. The van der Waals surface area contributed by atoms with E-state index in [-0.39, 0.29) is 4.75 Å². The number of hydrogen-bond donors (Lipinski definition) is 2. The quantitative estimate of drug-likeness (QED) is 0.482. The molecule has 0 fully saturated rings. The molecule has 0 amide bonds. The summed E-state index contributed by atoms with van der Waals surface area (Å²) in [7, 11) is 0. The van der Waals surface area contributed by atoms with E-state index in [1.54, 1.807) is 18.0 Å². The van der Waals surface area contributed by atoms with E-state index in [2.05, 4.69) is 58.4 Å². The second-order valence-corrected chi connectivity index (χ2v) is 8.90. The molecule has 0 aliphatic carbocycles. The number of aromatic amines is 1. The van der Waals surface area contributed by atoms with Crippen LogP contribution in [0.15, 0.2) is 47.6 Å². The number of nitrogens with zero attached hydrogens (tertiary/aromatic N) is 3. The van der Waals surface area contributed by atoms with Gasteiger partial charge in [-0.05, 0) is 30.3 Å². The Morgan fingerprint density at radius 1 is 1.08 bits per heavy atom. The molecule has 0 bridgehead atoms. The molecular formula is C19H18FN5S. The van der Waals surface area contributed by atoms with Crippen molar-refractivity contribution in [3.8, 4) is 0 Å². The van der Waals surface area contributed by atoms with Gasteiger partial charge in [0.2, 0.25) is 0 Å². The van der Waals surface area contributed by atoms with Crippen LogP contribution in [0.4, 0.5) is 15.9 Å². The Labute approximate surface area is 154 Å². The van der Waals surface area contributed by atoms with Crippen LogP contribution in [-0.4, -0.2) is 24.9 Å². The maximum absolute atomic E-state index is 13.6. The maximum atomic E-state index is 13.6. The number of rotatable bonds is 3. The first kappa shape index (κ1) is 16.8. The van der Waals surface area contributed by atoms with Crippen molar-refractivity contribution in [3.05, 3.63) is 48.5 Å². The Bertz CT molecular complexity index is 1100. The lowest BCUT2D eigenvalue weighted by Gasteiger charge is -2.18. The molecule has 0 spiro atoms. The van der Waals surface area contributed by atoms with Crippen LogP contribution in [0.2, 0.25) is 0 Å². The standard InChI is InChI=1S/C19H18FN5S/c1-19(2,3)26-12-4-5-15-13(9-12)16(6-7-21-15)23-18-14-8-11(20)10-22-17(14)24-25-18/h4-10H,1-3H3,(H2,21,22,23,24,25). The Kier molecular flexibility index (Phi) is 4.03. The minimum atomic E-state index is -0.398. The molecule has 3 heterocycles. The van der Waals surface area contributed by atoms with Gasteiger partial charge >= 0.3 is 0 Å². The predicted molar refractivity (Wildman–Crippen MR) is 104 cm³/mol. The van der Waals surface area contributed by atoms with Crippen LogP contribution >= 0.6 is 11.8 Å². The molecule has 0 aliphatic heterocycles. The minimum Gasteiger partial charge on any atom is -0.339 e. The molecule has 0 aliphatic rings. The molecule has 2 N–H and O–H groups in total. The lowest BCUT2D eigenvalue weighted by atomic mass is 10.2. The average molecular weight is 367 g/mol. The highest BCUT2D eigenvalue weighted by Crippen LogP contribution is 2.35. The van der Waals surface area contributed by atoms with Crippen molar-refractivity contribution < 1.29 is 4.39 Å². The van der Waals surface area contributed by atoms with Crippen molar-refractivity contribution in [2.75, 3.05) is 5.32 Å². The van der Waals surface area contributed by atoms with E-state index in [4.69, 9.17) is 0 Å². The molecule has 0 unspecified atom stereocenters. The van der Waals surface area contributed by atoms with Gasteiger partial charge in [0.15, 0.2) is 5.65 Å². The third-order valence-corrected chi connectivity index (χ3v) is 4.87. The van der Waals surface area contributed by atoms with Crippen LogP contribution in [-0.2, 0) is 0 Å². The number of fused-ring (bicyclic) bond motifs is 2. The van der Waals surface area contributed by atoms with Gasteiger partial charge in [-0.2, -0.15) is 5.10 Å². The van der Waals surface area contributed by atoms with E-state index in [9.17, 15) is 4.39 Å². The number of aromatic nitrogens is 4. The van der Waals surface area contributed by atoms with Crippen molar-refractivity contribution in [1.29, 1.82) is 0 Å². The number of pyridine rings is 2. The highest BCUT2D eigenvalue weighted by atomic mass is 32.2. The van der Waals surface area contributed by atoms with Crippen LogP contribution in [0.3, 0.4) is 0 Å². The summed E-state index contributed by atoms with van der Waals surface area (Å²) in [6.45, 7) is 6.55. The van der Waals surface area contributed by atoms with Gasteiger partial charge in [-0.15, -0.1) is 11.8 Å². The van der Waals surface area contributed by atoms with Crippen LogP contribution < -0.4 is 5.32 Å². The van der Waals surface area contributed by atoms with E-state index in [0.717, 1.165) is 22.8 Å². The number of H-pyrrole nitrogens is 1. The number of benzene rings is 1. The first-order chi connectivity index (χ1) is 12.4. The van der Waals surface area contributed by atoms with Gasteiger partial charge < -0.3 is 5.32 Å². The summed E-state index contributed by atoms with van der Waals surface area (Å²) in [5.74, 6) is 0.207. The van der Waals surface area contributed by atoms with Crippen molar-refractivity contribution in [3.63, 3.8) is 0 Å². The lowest BCUT2D eigenvalue weighted by Crippen LogP contribution is -2.06. The Morgan fingerprint density at radius 2 is 1.92 bits per heavy atom. The van der Waals surface area contributed by atoms with Crippen molar-refractivity contribution in [2.24, 2.45) is 0 Å². The number of halogens is 1. The monoisotopic (exact) mass is 367 g/mol. The zero-order valence-electron chi connectivity index (χ0n) is 14.7. The van der Waals surface area contributed by atoms with Crippen molar-refractivity contribution in [2.45, 2.75) is 30.4 Å². The average Bonchev–Trinajstić information content (AvgIpc) is 2.96. The molecule has 0 radical (unpaired) electrons. The van der Waals surface area contributed by atoms with E-state index < -0.39 is 5.82 Å². The summed E-state index contributed by atoms with van der Waals surface area (Å²) in [4.78, 5) is 9.59. The predicted octanol–water partition coefficient (Wildman–Crippen LogP) is 5.28. The molecule has 26 heavy (non-hydrogen) atoms. The van der Waals surface area contributed by atoms with Gasteiger partial charge in [0.05, 0.1) is 22.8 Å². The summed E-state index contributed by atoms with van der Waals surface area (Å²) >= 11 is 1.80. The van der Waals surface area contributed by atoms with Gasteiger partial charge in [0.1, 0.15) is 11.6 Å². The zero-order chi connectivity index (χ0) is 18.3. The van der Waals surface area contributed by atoms with Gasteiger partial charge in [0.25, 0.3) is 0 Å². The largest absolute Gasteiger partial charge is 0.339 e. The molecule has 4 rings (SSSR count). The van der Waals surface area contributed by atoms with Gasteiger partial charge in [0, 0.05) is 21.2 Å². The van der Waals surface area contributed by atoms with Crippen LogP contribution in [0.1, 0.15) is 20.8 Å². The van der Waals surface area contributed by atoms with Crippen molar-refractivity contribution >= 4 is 45.2 Å².